The van der Waals surface area contributed by atoms with Crippen molar-refractivity contribution in [2.24, 2.45) is 4.99 Å². The van der Waals surface area contributed by atoms with Crippen LogP contribution in [0.2, 0.25) is 0 Å². The van der Waals surface area contributed by atoms with E-state index in [0.717, 1.165) is 55.5 Å². The number of aryl methyl sites for hydroxylation is 2. The van der Waals surface area contributed by atoms with E-state index in [1.54, 1.807) is 7.11 Å². The second-order valence-corrected chi connectivity index (χ2v) is 7.76. The van der Waals surface area contributed by atoms with Crippen molar-refractivity contribution in [3.05, 3.63) is 98.9 Å². The zero-order valence-electron chi connectivity index (χ0n) is 17.8. The maximum Gasteiger partial charge on any atom is 0.119 e. The summed E-state index contributed by atoms with van der Waals surface area (Å²) in [5, 5.41) is 7.63. The molecule has 0 amide bonds. The normalized spacial score (nSPS) is 14.7. The second-order valence-electron chi connectivity index (χ2n) is 7.76. The lowest BCUT2D eigenvalue weighted by Gasteiger charge is -2.05. The van der Waals surface area contributed by atoms with Gasteiger partial charge in [-0.15, -0.1) is 0 Å². The van der Waals surface area contributed by atoms with Crippen LogP contribution in [0.5, 0.6) is 5.75 Å². The standard InChI is InChI=1S/C26H24N4O/c1-16-12-17(2)27-22(16)14-25-24(28-19-8-10-20(31-3)11-9-19)15-26(30-25)23-13-18-6-4-5-7-21(18)29-23/h4-15,27-28,30H,1-3H3/b25-14-,26-23-. The maximum absolute atomic E-state index is 5.28. The van der Waals surface area contributed by atoms with Crippen molar-refractivity contribution in [1.29, 1.82) is 0 Å². The molecule has 0 radical (unpaired) electrons. The van der Waals surface area contributed by atoms with E-state index in [2.05, 4.69) is 59.5 Å². The van der Waals surface area contributed by atoms with Crippen LogP contribution >= 0.6 is 0 Å². The average Bonchev–Trinajstić information content (AvgIpc) is 3.46. The Labute approximate surface area is 180 Å². The number of hydrogen-bond donors (Lipinski definition) is 3. The van der Waals surface area contributed by atoms with Crippen LogP contribution in [0.3, 0.4) is 0 Å². The van der Waals surface area contributed by atoms with Crippen molar-refractivity contribution < 1.29 is 4.74 Å². The number of ether oxygens (including phenoxy) is 1. The van der Waals surface area contributed by atoms with Crippen molar-refractivity contribution >= 4 is 29.2 Å². The first-order chi connectivity index (χ1) is 15.1. The van der Waals surface area contributed by atoms with Crippen molar-refractivity contribution in [2.45, 2.75) is 13.8 Å². The van der Waals surface area contributed by atoms with Crippen LogP contribution in [0.4, 0.5) is 11.4 Å². The van der Waals surface area contributed by atoms with Gasteiger partial charge in [0.2, 0.25) is 0 Å². The smallest absolute Gasteiger partial charge is 0.119 e. The van der Waals surface area contributed by atoms with E-state index < -0.39 is 0 Å². The molecule has 3 N–H and O–H groups in total. The molecule has 31 heavy (non-hydrogen) atoms. The molecule has 1 aliphatic heterocycles. The number of aromatic amines is 2. The summed E-state index contributed by atoms with van der Waals surface area (Å²) in [4.78, 5) is 11.8. The molecule has 3 heterocycles. The van der Waals surface area contributed by atoms with Crippen LogP contribution in [0.1, 0.15) is 17.0 Å². The van der Waals surface area contributed by atoms with Crippen molar-refractivity contribution in [3.63, 3.8) is 0 Å². The number of methoxy groups -OCH3 is 1. The van der Waals surface area contributed by atoms with Gasteiger partial charge in [0.15, 0.2) is 0 Å². The summed E-state index contributed by atoms with van der Waals surface area (Å²) in [5.74, 6) is 0.831. The van der Waals surface area contributed by atoms with Gasteiger partial charge < -0.3 is 20.0 Å². The Bertz CT molecular complexity index is 1470. The molecule has 0 saturated heterocycles. The Balaban J connectivity index is 1.66. The minimum atomic E-state index is 0.831. The average molecular weight is 409 g/mol. The first kappa shape index (κ1) is 19.0. The van der Waals surface area contributed by atoms with Gasteiger partial charge in [-0.2, -0.15) is 0 Å². The van der Waals surface area contributed by atoms with Gasteiger partial charge in [0.25, 0.3) is 0 Å². The summed E-state index contributed by atoms with van der Waals surface area (Å²) in [6, 6.07) is 20.4. The summed E-state index contributed by atoms with van der Waals surface area (Å²) in [6.45, 7) is 4.18. The molecule has 5 nitrogen and oxygen atoms in total. The molecule has 0 saturated carbocycles. The number of rotatable bonds is 4. The fourth-order valence-corrected chi connectivity index (χ4v) is 3.86. The van der Waals surface area contributed by atoms with Crippen LogP contribution in [-0.2, 0) is 0 Å². The summed E-state index contributed by atoms with van der Waals surface area (Å²) >= 11 is 0. The van der Waals surface area contributed by atoms with Crippen LogP contribution in [0, 0.1) is 13.8 Å². The zero-order chi connectivity index (χ0) is 21.4. The molecule has 0 unspecified atom stereocenters. The van der Waals surface area contributed by atoms with Crippen LogP contribution in [0.15, 0.2) is 65.7 Å². The molecule has 0 spiro atoms. The number of benzene rings is 2. The highest BCUT2D eigenvalue weighted by atomic mass is 16.5. The fourth-order valence-electron chi connectivity index (χ4n) is 3.86. The highest BCUT2D eigenvalue weighted by molar-refractivity contribution is 5.77. The van der Waals surface area contributed by atoms with E-state index in [1.165, 1.54) is 5.56 Å². The summed E-state index contributed by atoms with van der Waals surface area (Å²) < 4.78 is 5.28. The molecule has 0 aliphatic carbocycles. The van der Waals surface area contributed by atoms with Gasteiger partial charge in [0, 0.05) is 22.3 Å². The van der Waals surface area contributed by atoms with Crippen molar-refractivity contribution in [2.75, 3.05) is 12.4 Å². The largest absolute Gasteiger partial charge is 0.497 e. The predicted octanol–water partition coefficient (Wildman–Crippen LogP) is 2.76. The third kappa shape index (κ3) is 3.78. The molecule has 154 valence electrons. The van der Waals surface area contributed by atoms with Crippen molar-refractivity contribution in [1.82, 2.24) is 9.97 Å². The van der Waals surface area contributed by atoms with Gasteiger partial charge in [-0.1, -0.05) is 18.2 Å². The number of anilines is 2. The third-order valence-electron chi connectivity index (χ3n) is 5.44. The Hall–Kier alpha value is -3.99. The van der Waals surface area contributed by atoms with Gasteiger partial charge in [0.1, 0.15) is 5.75 Å². The van der Waals surface area contributed by atoms with Gasteiger partial charge in [-0.3, -0.25) is 0 Å². The van der Waals surface area contributed by atoms with E-state index in [1.807, 2.05) is 42.5 Å². The first-order valence-corrected chi connectivity index (χ1v) is 10.3. The highest BCUT2D eigenvalue weighted by Crippen LogP contribution is 2.18. The minimum Gasteiger partial charge on any atom is -0.497 e. The summed E-state index contributed by atoms with van der Waals surface area (Å²) in [5.41, 5.74) is 6.34. The maximum atomic E-state index is 5.28. The van der Waals surface area contributed by atoms with E-state index in [-0.39, 0.29) is 0 Å². The van der Waals surface area contributed by atoms with Crippen molar-refractivity contribution in [3.8, 4) is 5.75 Å². The molecular formula is C26H24N4O. The summed E-state index contributed by atoms with van der Waals surface area (Å²) in [6.07, 6.45) is 4.26. The zero-order valence-corrected chi connectivity index (χ0v) is 17.8. The lowest BCUT2D eigenvalue weighted by Crippen LogP contribution is -2.19. The molecule has 1 aliphatic rings. The van der Waals surface area contributed by atoms with Gasteiger partial charge >= 0.3 is 0 Å². The number of H-pyrrole nitrogens is 2. The number of hydrogen-bond acceptors (Lipinski definition) is 3. The molecule has 4 aromatic rings. The lowest BCUT2D eigenvalue weighted by atomic mass is 10.2. The van der Waals surface area contributed by atoms with Gasteiger partial charge in [0.05, 0.1) is 34.5 Å². The predicted molar refractivity (Wildman–Crippen MR) is 125 cm³/mol. The number of fused-ring (bicyclic) bond motifs is 1. The van der Waals surface area contributed by atoms with E-state index in [0.29, 0.717) is 0 Å². The first-order valence-electron chi connectivity index (χ1n) is 10.3. The molecule has 5 rings (SSSR count). The Morgan fingerprint density at radius 3 is 2.48 bits per heavy atom. The summed E-state index contributed by atoms with van der Waals surface area (Å²) in [7, 11) is 1.67. The second kappa shape index (κ2) is 7.69. The van der Waals surface area contributed by atoms with E-state index >= 15 is 0 Å². The minimum absolute atomic E-state index is 0.831. The van der Waals surface area contributed by atoms with Crippen LogP contribution in [0.25, 0.3) is 17.8 Å². The molecular weight excluding hydrogens is 384 g/mol. The number of nitrogens with zero attached hydrogens (tertiary/aromatic N) is 1. The monoisotopic (exact) mass is 408 g/mol. The SMILES string of the molecule is COc1ccc(Nc2c/c(=C3\C=c4ccccc4=N3)[nH]/c2=C\c2[nH]c(C)cc2C)cc1. The molecule has 0 fully saturated rings. The topological polar surface area (TPSA) is 65.2 Å². The number of nitrogens with one attached hydrogen (secondary N) is 3. The Kier molecular flexibility index (Phi) is 4.71. The fraction of sp³-hybridized carbons (Fsp3) is 0.115. The van der Waals surface area contributed by atoms with Crippen LogP contribution < -0.4 is 31.3 Å². The Morgan fingerprint density at radius 1 is 0.968 bits per heavy atom. The molecule has 0 bridgehead atoms. The van der Waals surface area contributed by atoms with E-state index in [4.69, 9.17) is 9.73 Å². The van der Waals surface area contributed by atoms with Gasteiger partial charge in [-0.05, 0) is 74.0 Å². The molecule has 2 aromatic carbocycles. The van der Waals surface area contributed by atoms with E-state index in [9.17, 15) is 0 Å². The van der Waals surface area contributed by atoms with Gasteiger partial charge in [-0.25, -0.2) is 4.99 Å². The molecule has 0 atom stereocenters. The third-order valence-corrected chi connectivity index (χ3v) is 5.44. The van der Waals surface area contributed by atoms with Crippen LogP contribution in [-0.4, -0.2) is 17.1 Å². The molecule has 2 aromatic heterocycles. The lowest BCUT2D eigenvalue weighted by molar-refractivity contribution is 0.415. The highest BCUT2D eigenvalue weighted by Gasteiger charge is 2.07. The number of aromatic nitrogens is 2. The molecule has 5 heteroatoms. The quantitative estimate of drug-likeness (QED) is 0.486. The number of para-hydroxylation sites is 1. The Morgan fingerprint density at radius 2 is 1.77 bits per heavy atom.